The van der Waals surface area contributed by atoms with Crippen molar-refractivity contribution in [1.29, 1.82) is 0 Å². The smallest absolute Gasteiger partial charge is 0.0298 e. The van der Waals surface area contributed by atoms with E-state index in [2.05, 4.69) is 13.8 Å². The lowest BCUT2D eigenvalue weighted by Crippen LogP contribution is -2.22. The van der Waals surface area contributed by atoms with Crippen molar-refractivity contribution in [1.82, 2.24) is 0 Å². The Morgan fingerprint density at radius 2 is 1.82 bits per heavy atom. The van der Waals surface area contributed by atoms with Gasteiger partial charge in [-0.3, -0.25) is 0 Å². The van der Waals surface area contributed by atoms with Crippen LogP contribution >= 0.6 is 0 Å². The summed E-state index contributed by atoms with van der Waals surface area (Å²) in [5, 5.41) is 0. The molecule has 0 atom stereocenters. The van der Waals surface area contributed by atoms with E-state index >= 15 is 0 Å². The lowest BCUT2D eigenvalue weighted by molar-refractivity contribution is 0.173. The monoisotopic (exact) mass is 153 g/mol. The van der Waals surface area contributed by atoms with Gasteiger partial charge in [0.05, 0.1) is 0 Å². The number of rotatable bonds is 3. The fourth-order valence-corrected chi connectivity index (χ4v) is 2.46. The van der Waals surface area contributed by atoms with Gasteiger partial charge in [0.25, 0.3) is 0 Å². The Bertz CT molecular complexity index is 93.1. The van der Waals surface area contributed by atoms with E-state index in [1.807, 2.05) is 0 Å². The summed E-state index contributed by atoms with van der Waals surface area (Å²) in [6.45, 7) is 6.40. The van der Waals surface area contributed by atoms with Crippen LogP contribution in [0.1, 0.15) is 58.3 Å². The summed E-state index contributed by atoms with van der Waals surface area (Å²) in [6, 6.07) is 0. The summed E-state index contributed by atoms with van der Waals surface area (Å²) in [5.41, 5.74) is 0.660. The molecule has 0 aromatic carbocycles. The van der Waals surface area contributed by atoms with Crippen LogP contribution in [-0.2, 0) is 0 Å². The van der Waals surface area contributed by atoms with E-state index < -0.39 is 0 Å². The average molecular weight is 153 g/mol. The van der Waals surface area contributed by atoms with Gasteiger partial charge in [0.1, 0.15) is 0 Å². The fourth-order valence-electron chi connectivity index (χ4n) is 2.46. The molecule has 0 heteroatoms. The van der Waals surface area contributed by atoms with Gasteiger partial charge in [0, 0.05) is 0 Å². The van der Waals surface area contributed by atoms with E-state index in [0.29, 0.717) is 5.41 Å². The normalized spacial score (nSPS) is 23.5. The maximum Gasteiger partial charge on any atom is -0.0298 e. The van der Waals surface area contributed by atoms with Gasteiger partial charge >= 0.3 is 0 Å². The molecule has 0 spiro atoms. The molecule has 0 aromatic rings. The molecule has 1 saturated carbocycles. The van der Waals surface area contributed by atoms with Crippen LogP contribution in [0, 0.1) is 12.3 Å². The van der Waals surface area contributed by atoms with Gasteiger partial charge in [-0.05, 0) is 31.1 Å². The Morgan fingerprint density at radius 3 is 2.27 bits per heavy atom. The Kier molecular flexibility index (Phi) is 3.42. The Labute approximate surface area is 71.4 Å². The molecule has 0 unspecified atom stereocenters. The largest absolute Gasteiger partial charge is 0.0654 e. The van der Waals surface area contributed by atoms with Crippen LogP contribution in [0.5, 0.6) is 0 Å². The Hall–Kier alpha value is 0. The molecule has 0 heterocycles. The third-order valence-corrected chi connectivity index (χ3v) is 3.22. The molecule has 65 valence electrons. The van der Waals surface area contributed by atoms with Gasteiger partial charge in [-0.1, -0.05) is 39.5 Å². The summed E-state index contributed by atoms with van der Waals surface area (Å²) in [6.07, 6.45) is 11.2. The van der Waals surface area contributed by atoms with Gasteiger partial charge < -0.3 is 0 Å². The molecular weight excluding hydrogens is 132 g/mol. The molecule has 0 aliphatic heterocycles. The highest BCUT2D eigenvalue weighted by atomic mass is 14.3. The summed E-state index contributed by atoms with van der Waals surface area (Å²) in [4.78, 5) is 0. The van der Waals surface area contributed by atoms with E-state index in [4.69, 9.17) is 0 Å². The second-order valence-corrected chi connectivity index (χ2v) is 4.06. The topological polar surface area (TPSA) is 0 Å². The van der Waals surface area contributed by atoms with Crippen LogP contribution in [0.15, 0.2) is 0 Å². The zero-order chi connectivity index (χ0) is 8.16. The van der Waals surface area contributed by atoms with E-state index in [-0.39, 0.29) is 0 Å². The van der Waals surface area contributed by atoms with Crippen LogP contribution in [0.25, 0.3) is 0 Å². The van der Waals surface area contributed by atoms with Crippen LogP contribution in [-0.4, -0.2) is 0 Å². The SMILES string of the molecule is [CH2]CC1(CCC)CCCCC1. The molecule has 0 nitrogen and oxygen atoms in total. The maximum absolute atomic E-state index is 4.10. The van der Waals surface area contributed by atoms with Crippen molar-refractivity contribution in [2.24, 2.45) is 5.41 Å². The first-order valence-corrected chi connectivity index (χ1v) is 5.12. The zero-order valence-electron chi connectivity index (χ0n) is 7.86. The molecule has 0 saturated heterocycles. The fraction of sp³-hybridized carbons (Fsp3) is 0.909. The van der Waals surface area contributed by atoms with Crippen molar-refractivity contribution in [3.8, 4) is 0 Å². The molecule has 11 heavy (non-hydrogen) atoms. The van der Waals surface area contributed by atoms with Crippen molar-refractivity contribution in [2.45, 2.75) is 58.3 Å². The highest BCUT2D eigenvalue weighted by molar-refractivity contribution is 4.82. The minimum absolute atomic E-state index is 0.660. The van der Waals surface area contributed by atoms with E-state index in [0.717, 1.165) is 0 Å². The minimum Gasteiger partial charge on any atom is -0.0654 e. The first-order chi connectivity index (χ1) is 5.33. The Morgan fingerprint density at radius 1 is 1.18 bits per heavy atom. The van der Waals surface area contributed by atoms with Crippen molar-refractivity contribution in [2.75, 3.05) is 0 Å². The predicted octanol–water partition coefficient (Wildman–Crippen LogP) is 3.96. The number of hydrogen-bond acceptors (Lipinski definition) is 0. The van der Waals surface area contributed by atoms with E-state index in [1.165, 1.54) is 51.4 Å². The molecule has 0 amide bonds. The lowest BCUT2D eigenvalue weighted by Gasteiger charge is -2.36. The summed E-state index contributed by atoms with van der Waals surface area (Å²) in [7, 11) is 0. The minimum atomic E-state index is 0.660. The summed E-state index contributed by atoms with van der Waals surface area (Å²) < 4.78 is 0. The standard InChI is InChI=1S/C11H21/c1-3-8-11(4-2)9-6-5-7-10-11/h2-10H2,1H3. The third kappa shape index (κ3) is 2.21. The Balaban J connectivity index is 2.42. The third-order valence-electron chi connectivity index (χ3n) is 3.22. The van der Waals surface area contributed by atoms with Crippen LogP contribution in [0.4, 0.5) is 0 Å². The van der Waals surface area contributed by atoms with Gasteiger partial charge in [-0.2, -0.15) is 0 Å². The van der Waals surface area contributed by atoms with E-state index in [9.17, 15) is 0 Å². The van der Waals surface area contributed by atoms with Gasteiger partial charge in [0.2, 0.25) is 0 Å². The summed E-state index contributed by atoms with van der Waals surface area (Å²) in [5.74, 6) is 0. The van der Waals surface area contributed by atoms with Crippen LogP contribution < -0.4 is 0 Å². The summed E-state index contributed by atoms with van der Waals surface area (Å²) >= 11 is 0. The molecule has 1 fully saturated rings. The maximum atomic E-state index is 4.10. The molecule has 0 aromatic heterocycles. The van der Waals surface area contributed by atoms with Crippen LogP contribution in [0.2, 0.25) is 0 Å². The highest BCUT2D eigenvalue weighted by Gasteiger charge is 2.28. The van der Waals surface area contributed by atoms with Crippen LogP contribution in [0.3, 0.4) is 0 Å². The molecule has 0 N–H and O–H groups in total. The molecule has 1 rings (SSSR count). The first kappa shape index (κ1) is 9.09. The highest BCUT2D eigenvalue weighted by Crippen LogP contribution is 2.42. The molecule has 1 aliphatic rings. The second-order valence-electron chi connectivity index (χ2n) is 4.06. The molecule has 0 bridgehead atoms. The number of hydrogen-bond donors (Lipinski definition) is 0. The quantitative estimate of drug-likeness (QED) is 0.575. The molecular formula is C11H21. The second kappa shape index (κ2) is 4.13. The predicted molar refractivity (Wildman–Crippen MR) is 50.4 cm³/mol. The van der Waals surface area contributed by atoms with Crippen molar-refractivity contribution < 1.29 is 0 Å². The zero-order valence-corrected chi connectivity index (χ0v) is 7.86. The average Bonchev–Trinajstić information content (AvgIpc) is 2.07. The van der Waals surface area contributed by atoms with Gasteiger partial charge in [0.15, 0.2) is 0 Å². The van der Waals surface area contributed by atoms with Crippen molar-refractivity contribution in [3.05, 3.63) is 6.92 Å². The molecule has 1 radical (unpaired) electrons. The molecule has 1 aliphatic carbocycles. The van der Waals surface area contributed by atoms with E-state index in [1.54, 1.807) is 0 Å². The van der Waals surface area contributed by atoms with Crippen molar-refractivity contribution in [3.63, 3.8) is 0 Å². The first-order valence-electron chi connectivity index (χ1n) is 5.12. The van der Waals surface area contributed by atoms with Gasteiger partial charge in [-0.25, -0.2) is 0 Å². The van der Waals surface area contributed by atoms with Gasteiger partial charge in [-0.15, -0.1) is 0 Å². The van der Waals surface area contributed by atoms with Crippen molar-refractivity contribution >= 4 is 0 Å². The lowest BCUT2D eigenvalue weighted by atomic mass is 9.70.